The van der Waals surface area contributed by atoms with Crippen LogP contribution in [0.2, 0.25) is 5.02 Å². The highest BCUT2D eigenvalue weighted by atomic mass is 35.5. The molecule has 0 saturated heterocycles. The number of ether oxygens (including phenoxy) is 1. The molecule has 5 nitrogen and oxygen atoms in total. The number of nitrogens with one attached hydrogen (secondary N) is 2. The molecular formula is C22H19ClN2O3. The number of rotatable bonds is 5. The minimum Gasteiger partial charge on any atom is -0.495 e. The van der Waals surface area contributed by atoms with Gasteiger partial charge in [-0.3, -0.25) is 9.59 Å². The van der Waals surface area contributed by atoms with E-state index in [1.54, 1.807) is 61.7 Å². The molecule has 0 aliphatic heterocycles. The zero-order valence-electron chi connectivity index (χ0n) is 15.5. The van der Waals surface area contributed by atoms with E-state index in [9.17, 15) is 9.59 Å². The number of anilines is 2. The van der Waals surface area contributed by atoms with Gasteiger partial charge in [0, 0.05) is 11.1 Å². The summed E-state index contributed by atoms with van der Waals surface area (Å²) >= 11 is 6.06. The second-order valence-electron chi connectivity index (χ2n) is 6.17. The number of benzene rings is 3. The monoisotopic (exact) mass is 394 g/mol. The third-order valence-electron chi connectivity index (χ3n) is 4.13. The van der Waals surface area contributed by atoms with Crippen LogP contribution in [0.5, 0.6) is 5.75 Å². The zero-order chi connectivity index (χ0) is 20.1. The first-order valence-electron chi connectivity index (χ1n) is 8.60. The number of hydrogen-bond donors (Lipinski definition) is 2. The van der Waals surface area contributed by atoms with Crippen molar-refractivity contribution in [1.29, 1.82) is 0 Å². The number of carbonyl (C=O) groups excluding carboxylic acids is 2. The average Bonchev–Trinajstić information content (AvgIpc) is 2.70. The third-order valence-corrected chi connectivity index (χ3v) is 4.46. The molecule has 28 heavy (non-hydrogen) atoms. The second-order valence-corrected chi connectivity index (χ2v) is 6.58. The van der Waals surface area contributed by atoms with E-state index in [4.69, 9.17) is 16.3 Å². The normalized spacial score (nSPS) is 10.2. The lowest BCUT2D eigenvalue weighted by Gasteiger charge is -2.11. The summed E-state index contributed by atoms with van der Waals surface area (Å²) in [6.45, 7) is 1.93. The summed E-state index contributed by atoms with van der Waals surface area (Å²) in [6.07, 6.45) is 0. The van der Waals surface area contributed by atoms with Crippen LogP contribution in [-0.2, 0) is 0 Å². The smallest absolute Gasteiger partial charge is 0.255 e. The maximum Gasteiger partial charge on any atom is 0.255 e. The first-order chi connectivity index (χ1) is 13.5. The van der Waals surface area contributed by atoms with Crippen LogP contribution in [0, 0.1) is 6.92 Å². The van der Waals surface area contributed by atoms with Crippen LogP contribution < -0.4 is 15.4 Å². The molecule has 0 radical (unpaired) electrons. The number of carbonyl (C=O) groups is 2. The molecule has 0 saturated carbocycles. The largest absolute Gasteiger partial charge is 0.495 e. The molecule has 2 amide bonds. The molecule has 0 spiro atoms. The minimum absolute atomic E-state index is 0.290. The van der Waals surface area contributed by atoms with Crippen molar-refractivity contribution in [3.63, 3.8) is 0 Å². The minimum atomic E-state index is -0.305. The van der Waals surface area contributed by atoms with E-state index in [0.717, 1.165) is 5.56 Å². The molecule has 0 aliphatic rings. The van der Waals surface area contributed by atoms with Crippen LogP contribution in [0.3, 0.4) is 0 Å². The van der Waals surface area contributed by atoms with Gasteiger partial charge in [-0.05, 0) is 61.0 Å². The highest BCUT2D eigenvalue weighted by Crippen LogP contribution is 2.26. The van der Waals surface area contributed by atoms with Crippen LogP contribution in [0.25, 0.3) is 0 Å². The van der Waals surface area contributed by atoms with Gasteiger partial charge < -0.3 is 15.4 Å². The molecular weight excluding hydrogens is 376 g/mol. The van der Waals surface area contributed by atoms with Gasteiger partial charge in [0.05, 0.1) is 23.5 Å². The van der Waals surface area contributed by atoms with Crippen LogP contribution in [-0.4, -0.2) is 18.9 Å². The van der Waals surface area contributed by atoms with E-state index in [1.807, 2.05) is 19.1 Å². The van der Waals surface area contributed by atoms with Crippen molar-refractivity contribution in [3.8, 4) is 5.75 Å². The SMILES string of the molecule is COc1ccc(C)cc1NC(=O)c1ccc(C(=O)Nc2ccccc2Cl)cc1. The van der Waals surface area contributed by atoms with Crippen molar-refractivity contribution in [2.75, 3.05) is 17.7 Å². The fraction of sp³-hybridized carbons (Fsp3) is 0.0909. The summed E-state index contributed by atoms with van der Waals surface area (Å²) in [5.41, 5.74) is 2.97. The summed E-state index contributed by atoms with van der Waals surface area (Å²) < 4.78 is 5.28. The average molecular weight is 395 g/mol. The molecule has 0 bridgehead atoms. The Morgan fingerprint density at radius 2 is 1.39 bits per heavy atom. The summed E-state index contributed by atoms with van der Waals surface area (Å²) in [7, 11) is 1.55. The highest BCUT2D eigenvalue weighted by molar-refractivity contribution is 6.33. The van der Waals surface area contributed by atoms with Gasteiger partial charge in [0.15, 0.2) is 0 Å². The van der Waals surface area contributed by atoms with Gasteiger partial charge in [-0.15, -0.1) is 0 Å². The van der Waals surface area contributed by atoms with E-state index < -0.39 is 0 Å². The van der Waals surface area contributed by atoms with Gasteiger partial charge in [-0.25, -0.2) is 0 Å². The van der Waals surface area contributed by atoms with E-state index in [-0.39, 0.29) is 11.8 Å². The van der Waals surface area contributed by atoms with Gasteiger partial charge in [-0.1, -0.05) is 29.8 Å². The molecule has 142 valence electrons. The lowest BCUT2D eigenvalue weighted by molar-refractivity contribution is 0.101. The van der Waals surface area contributed by atoms with Gasteiger partial charge in [0.2, 0.25) is 0 Å². The molecule has 3 rings (SSSR count). The molecule has 0 heterocycles. The fourth-order valence-corrected chi connectivity index (χ4v) is 2.83. The van der Waals surface area contributed by atoms with Gasteiger partial charge in [0.1, 0.15) is 5.75 Å². The number of amides is 2. The Hall–Kier alpha value is -3.31. The Morgan fingerprint density at radius 1 is 0.821 bits per heavy atom. The lowest BCUT2D eigenvalue weighted by Crippen LogP contribution is -2.15. The van der Waals surface area contributed by atoms with Crippen LogP contribution >= 0.6 is 11.6 Å². The summed E-state index contributed by atoms with van der Waals surface area (Å²) in [5.74, 6) is -0.0166. The topological polar surface area (TPSA) is 67.4 Å². The Labute approximate surface area is 168 Å². The standard InChI is InChI=1S/C22H19ClN2O3/c1-14-7-12-20(28-2)19(13-14)25-22(27)16-10-8-15(9-11-16)21(26)24-18-6-4-3-5-17(18)23/h3-13H,1-2H3,(H,24,26)(H,25,27). The first kappa shape index (κ1) is 19.5. The Bertz CT molecular complexity index is 1020. The maximum absolute atomic E-state index is 12.5. The zero-order valence-corrected chi connectivity index (χ0v) is 16.2. The van der Waals surface area contributed by atoms with Crippen molar-refractivity contribution >= 4 is 34.8 Å². The molecule has 0 atom stereocenters. The van der Waals surface area contributed by atoms with Gasteiger partial charge in [-0.2, -0.15) is 0 Å². The van der Waals surface area contributed by atoms with E-state index in [0.29, 0.717) is 33.3 Å². The van der Waals surface area contributed by atoms with Crippen molar-refractivity contribution < 1.29 is 14.3 Å². The van der Waals surface area contributed by atoms with Crippen LogP contribution in [0.15, 0.2) is 66.7 Å². The quantitative estimate of drug-likeness (QED) is 0.628. The van der Waals surface area contributed by atoms with Crippen LogP contribution in [0.4, 0.5) is 11.4 Å². The Morgan fingerprint density at radius 3 is 1.96 bits per heavy atom. The van der Waals surface area contributed by atoms with E-state index >= 15 is 0 Å². The molecule has 3 aromatic carbocycles. The van der Waals surface area contributed by atoms with E-state index in [1.165, 1.54) is 0 Å². The van der Waals surface area contributed by atoms with Crippen molar-refractivity contribution in [2.24, 2.45) is 0 Å². The highest BCUT2D eigenvalue weighted by Gasteiger charge is 2.12. The maximum atomic E-state index is 12.5. The molecule has 3 aromatic rings. The lowest BCUT2D eigenvalue weighted by atomic mass is 10.1. The molecule has 2 N–H and O–H groups in total. The molecule has 0 unspecified atom stereocenters. The summed E-state index contributed by atoms with van der Waals surface area (Å²) in [6, 6.07) is 18.9. The van der Waals surface area contributed by atoms with Crippen molar-refractivity contribution in [3.05, 3.63) is 88.4 Å². The molecule has 0 fully saturated rings. The fourth-order valence-electron chi connectivity index (χ4n) is 2.64. The third kappa shape index (κ3) is 4.50. The predicted molar refractivity (Wildman–Crippen MR) is 112 cm³/mol. The summed E-state index contributed by atoms with van der Waals surface area (Å²) in [4.78, 5) is 24.9. The van der Waals surface area contributed by atoms with E-state index in [2.05, 4.69) is 10.6 Å². The molecule has 0 aliphatic carbocycles. The summed E-state index contributed by atoms with van der Waals surface area (Å²) in [5, 5.41) is 6.04. The second kappa shape index (κ2) is 8.59. The number of para-hydroxylation sites is 1. The van der Waals surface area contributed by atoms with Crippen molar-refractivity contribution in [1.82, 2.24) is 0 Å². The number of methoxy groups -OCH3 is 1. The Kier molecular flexibility index (Phi) is 5.96. The van der Waals surface area contributed by atoms with Gasteiger partial charge in [0.25, 0.3) is 11.8 Å². The number of aryl methyl sites for hydroxylation is 1. The number of hydrogen-bond acceptors (Lipinski definition) is 3. The predicted octanol–water partition coefficient (Wildman–Crippen LogP) is 5.16. The Balaban J connectivity index is 1.72. The van der Waals surface area contributed by atoms with Gasteiger partial charge >= 0.3 is 0 Å². The molecule has 6 heteroatoms. The molecule has 0 aromatic heterocycles. The number of halogens is 1. The first-order valence-corrected chi connectivity index (χ1v) is 8.97. The van der Waals surface area contributed by atoms with Crippen LogP contribution in [0.1, 0.15) is 26.3 Å². The van der Waals surface area contributed by atoms with Crippen molar-refractivity contribution in [2.45, 2.75) is 6.92 Å².